The smallest absolute Gasteiger partial charge is 0.190 e. The number of thiazole rings is 1. The van der Waals surface area contributed by atoms with Crippen LogP contribution < -0.4 is 15.4 Å². The Morgan fingerprint density at radius 1 is 1.35 bits per heavy atom. The Morgan fingerprint density at radius 3 is 2.75 bits per heavy atom. The number of aryl methyl sites for hydroxylation is 1. The maximum Gasteiger partial charge on any atom is 0.190 e. The SMILES string of the molecule is COc1ccc(N(C)c2nc3c(s2)CCCC3N)cc1. The number of aromatic nitrogens is 1. The third kappa shape index (κ3) is 2.39. The largest absolute Gasteiger partial charge is 0.497 e. The minimum Gasteiger partial charge on any atom is -0.497 e. The zero-order valence-corrected chi connectivity index (χ0v) is 12.6. The molecular formula is C15H19N3OS. The van der Waals surface area contributed by atoms with Crippen LogP contribution in [0.2, 0.25) is 0 Å². The Hall–Kier alpha value is -1.59. The van der Waals surface area contributed by atoms with Gasteiger partial charge in [-0.05, 0) is 43.5 Å². The molecule has 1 unspecified atom stereocenters. The molecule has 2 aromatic rings. The lowest BCUT2D eigenvalue weighted by Crippen LogP contribution is -2.17. The minimum atomic E-state index is 0.105. The van der Waals surface area contributed by atoms with E-state index in [1.54, 1.807) is 18.4 Å². The molecule has 106 valence electrons. The summed E-state index contributed by atoms with van der Waals surface area (Å²) < 4.78 is 5.19. The Labute approximate surface area is 123 Å². The average Bonchev–Trinajstić information content (AvgIpc) is 2.92. The number of nitrogens with two attached hydrogens (primary N) is 1. The molecule has 0 radical (unpaired) electrons. The third-order valence-corrected chi connectivity index (χ3v) is 4.94. The van der Waals surface area contributed by atoms with Crippen molar-refractivity contribution in [2.24, 2.45) is 5.73 Å². The zero-order valence-electron chi connectivity index (χ0n) is 11.8. The molecule has 1 aromatic heterocycles. The molecule has 2 N–H and O–H groups in total. The molecule has 1 aliphatic carbocycles. The van der Waals surface area contributed by atoms with E-state index < -0.39 is 0 Å². The van der Waals surface area contributed by atoms with Crippen molar-refractivity contribution in [1.29, 1.82) is 0 Å². The van der Waals surface area contributed by atoms with Crippen LogP contribution in [0.25, 0.3) is 0 Å². The van der Waals surface area contributed by atoms with E-state index in [4.69, 9.17) is 15.5 Å². The number of nitrogens with zero attached hydrogens (tertiary/aromatic N) is 2. The summed E-state index contributed by atoms with van der Waals surface area (Å²) >= 11 is 1.76. The van der Waals surface area contributed by atoms with E-state index in [9.17, 15) is 0 Å². The molecule has 1 aromatic carbocycles. The fraction of sp³-hybridized carbons (Fsp3) is 0.400. The predicted molar refractivity (Wildman–Crippen MR) is 83.0 cm³/mol. The lowest BCUT2D eigenvalue weighted by Gasteiger charge is -2.16. The monoisotopic (exact) mass is 289 g/mol. The Bertz CT molecular complexity index is 594. The van der Waals surface area contributed by atoms with Crippen LogP contribution in [0.1, 0.15) is 29.5 Å². The Balaban J connectivity index is 1.88. The van der Waals surface area contributed by atoms with Gasteiger partial charge in [0.25, 0.3) is 0 Å². The summed E-state index contributed by atoms with van der Waals surface area (Å²) in [7, 11) is 3.71. The molecule has 0 aliphatic heterocycles. The summed E-state index contributed by atoms with van der Waals surface area (Å²) in [5, 5.41) is 1.01. The van der Waals surface area contributed by atoms with Gasteiger partial charge in [-0.1, -0.05) is 0 Å². The van der Waals surface area contributed by atoms with Gasteiger partial charge in [0, 0.05) is 23.7 Å². The molecule has 3 rings (SSSR count). The van der Waals surface area contributed by atoms with Crippen LogP contribution >= 0.6 is 11.3 Å². The van der Waals surface area contributed by atoms with Crippen LogP contribution in [0.3, 0.4) is 0 Å². The van der Waals surface area contributed by atoms with E-state index in [0.29, 0.717) is 0 Å². The fourth-order valence-electron chi connectivity index (χ4n) is 2.50. The van der Waals surface area contributed by atoms with Crippen molar-refractivity contribution in [2.75, 3.05) is 19.1 Å². The first-order chi connectivity index (χ1) is 9.69. The maximum absolute atomic E-state index is 6.15. The lowest BCUT2D eigenvalue weighted by atomic mass is 9.99. The predicted octanol–water partition coefficient (Wildman–Crippen LogP) is 3.26. The van der Waals surface area contributed by atoms with Gasteiger partial charge in [-0.25, -0.2) is 4.98 Å². The highest BCUT2D eigenvalue weighted by Crippen LogP contribution is 2.37. The first-order valence-corrected chi connectivity index (χ1v) is 7.63. The number of rotatable bonds is 3. The molecule has 5 heteroatoms. The normalized spacial score (nSPS) is 17.6. The van der Waals surface area contributed by atoms with Gasteiger partial charge in [0.1, 0.15) is 5.75 Å². The first kappa shape index (κ1) is 13.4. The fourth-order valence-corrected chi connectivity index (χ4v) is 3.65. The number of hydrogen-bond donors (Lipinski definition) is 1. The van der Waals surface area contributed by atoms with Crippen LogP contribution in [-0.2, 0) is 6.42 Å². The van der Waals surface area contributed by atoms with Gasteiger partial charge in [0.2, 0.25) is 0 Å². The molecule has 0 saturated heterocycles. The van der Waals surface area contributed by atoms with Crippen molar-refractivity contribution >= 4 is 22.2 Å². The molecule has 1 heterocycles. The van der Waals surface area contributed by atoms with Crippen molar-refractivity contribution < 1.29 is 4.74 Å². The summed E-state index contributed by atoms with van der Waals surface area (Å²) in [6, 6.07) is 8.11. The average molecular weight is 289 g/mol. The van der Waals surface area contributed by atoms with Crippen molar-refractivity contribution in [3.8, 4) is 5.75 Å². The molecule has 0 amide bonds. The maximum atomic E-state index is 6.15. The molecule has 1 aliphatic rings. The van der Waals surface area contributed by atoms with Gasteiger partial charge in [-0.15, -0.1) is 11.3 Å². The summed E-state index contributed by atoms with van der Waals surface area (Å²) in [5.74, 6) is 0.864. The summed E-state index contributed by atoms with van der Waals surface area (Å²) in [5.41, 5.74) is 8.34. The number of hydrogen-bond acceptors (Lipinski definition) is 5. The van der Waals surface area contributed by atoms with Gasteiger partial charge in [-0.2, -0.15) is 0 Å². The van der Waals surface area contributed by atoms with Crippen LogP contribution in [-0.4, -0.2) is 19.1 Å². The van der Waals surface area contributed by atoms with Crippen molar-refractivity contribution in [1.82, 2.24) is 4.98 Å². The number of methoxy groups -OCH3 is 1. The van der Waals surface area contributed by atoms with Crippen LogP contribution in [0.5, 0.6) is 5.75 Å². The summed E-state index contributed by atoms with van der Waals surface area (Å²) in [4.78, 5) is 8.19. The first-order valence-electron chi connectivity index (χ1n) is 6.82. The molecule has 0 spiro atoms. The number of ether oxygens (including phenoxy) is 1. The number of benzene rings is 1. The second-order valence-corrected chi connectivity index (χ2v) is 6.12. The van der Waals surface area contributed by atoms with Crippen molar-refractivity contribution in [3.63, 3.8) is 0 Å². The van der Waals surface area contributed by atoms with Crippen LogP contribution in [0.4, 0.5) is 10.8 Å². The standard InChI is InChI=1S/C15H19N3OS/c1-18(10-6-8-11(19-2)9-7-10)15-17-14-12(16)4-3-5-13(14)20-15/h6-9,12H,3-5,16H2,1-2H3. The highest BCUT2D eigenvalue weighted by Gasteiger charge is 2.23. The second-order valence-electron chi connectivity index (χ2n) is 5.06. The Kier molecular flexibility index (Phi) is 3.63. The Morgan fingerprint density at radius 2 is 2.10 bits per heavy atom. The van der Waals surface area contributed by atoms with Gasteiger partial charge in [0.15, 0.2) is 5.13 Å². The molecule has 0 bridgehead atoms. The van der Waals surface area contributed by atoms with E-state index in [-0.39, 0.29) is 6.04 Å². The molecule has 4 nitrogen and oxygen atoms in total. The van der Waals surface area contributed by atoms with Gasteiger partial charge in [-0.3, -0.25) is 0 Å². The lowest BCUT2D eigenvalue weighted by molar-refractivity contribution is 0.415. The summed E-state index contributed by atoms with van der Waals surface area (Å²) in [6.45, 7) is 0. The third-order valence-electron chi connectivity index (χ3n) is 3.73. The van der Waals surface area contributed by atoms with Crippen molar-refractivity contribution in [3.05, 3.63) is 34.8 Å². The van der Waals surface area contributed by atoms with E-state index in [0.717, 1.165) is 35.1 Å². The topological polar surface area (TPSA) is 51.4 Å². The summed E-state index contributed by atoms with van der Waals surface area (Å²) in [6.07, 6.45) is 3.32. The molecule has 0 fully saturated rings. The van der Waals surface area contributed by atoms with Crippen molar-refractivity contribution in [2.45, 2.75) is 25.3 Å². The second kappa shape index (κ2) is 5.42. The molecule has 0 saturated carbocycles. The number of anilines is 2. The van der Waals surface area contributed by atoms with E-state index in [1.807, 2.05) is 31.3 Å². The molecular weight excluding hydrogens is 270 g/mol. The van der Waals surface area contributed by atoms with Gasteiger partial charge >= 0.3 is 0 Å². The molecule has 20 heavy (non-hydrogen) atoms. The quantitative estimate of drug-likeness (QED) is 0.942. The van der Waals surface area contributed by atoms with Gasteiger partial charge < -0.3 is 15.4 Å². The highest BCUT2D eigenvalue weighted by atomic mass is 32.1. The minimum absolute atomic E-state index is 0.105. The van der Waals surface area contributed by atoms with E-state index >= 15 is 0 Å². The van der Waals surface area contributed by atoms with Crippen LogP contribution in [0, 0.1) is 0 Å². The van der Waals surface area contributed by atoms with Crippen LogP contribution in [0.15, 0.2) is 24.3 Å². The van der Waals surface area contributed by atoms with E-state index in [1.165, 1.54) is 11.3 Å². The zero-order chi connectivity index (χ0) is 14.1. The number of fused-ring (bicyclic) bond motifs is 1. The highest BCUT2D eigenvalue weighted by molar-refractivity contribution is 7.15. The molecule has 1 atom stereocenters. The van der Waals surface area contributed by atoms with E-state index in [2.05, 4.69) is 4.90 Å². The van der Waals surface area contributed by atoms with Gasteiger partial charge in [0.05, 0.1) is 12.8 Å².